The van der Waals surface area contributed by atoms with Gasteiger partial charge in [-0.05, 0) is 79.2 Å². The van der Waals surface area contributed by atoms with Crippen molar-refractivity contribution >= 4 is 45.0 Å². The molecule has 53 heavy (non-hydrogen) atoms. The van der Waals surface area contributed by atoms with Gasteiger partial charge in [-0.3, -0.25) is 9.71 Å². The average Bonchev–Trinajstić information content (AvgIpc) is 3.44. The smallest absolute Gasteiger partial charge is 0.384 e. The van der Waals surface area contributed by atoms with E-state index in [9.17, 15) is 34.8 Å². The lowest BCUT2D eigenvalue weighted by Gasteiger charge is -2.27. The molecule has 0 radical (unpaired) electrons. The van der Waals surface area contributed by atoms with Gasteiger partial charge in [-0.2, -0.15) is 26.3 Å². The number of hydrogen-bond donors (Lipinski definition) is 2. The van der Waals surface area contributed by atoms with Gasteiger partial charge in [0.15, 0.2) is 0 Å². The molecule has 0 aliphatic heterocycles. The Hall–Kier alpha value is -4.60. The Morgan fingerprint density at radius 3 is 1.94 bits per heavy atom. The van der Waals surface area contributed by atoms with Crippen LogP contribution in [-0.2, 0) is 41.8 Å². The Kier molecular flexibility index (Phi) is 12.9. The largest absolute Gasteiger partial charge is 0.416 e. The predicted octanol–water partition coefficient (Wildman–Crippen LogP) is 8.15. The third-order valence-electron chi connectivity index (χ3n) is 8.83. The number of rotatable bonds is 14. The number of nitrogens with two attached hydrogens (primary N) is 1. The Morgan fingerprint density at radius 1 is 0.792 bits per heavy atom. The number of nitrogen functional groups attached to an aromatic ring is 1. The maximum Gasteiger partial charge on any atom is 0.416 e. The second-order valence-electron chi connectivity index (χ2n) is 12.2. The van der Waals surface area contributed by atoms with E-state index in [2.05, 4.69) is 4.90 Å². The zero-order chi connectivity index (χ0) is 37.8. The summed E-state index contributed by atoms with van der Waals surface area (Å²) in [5.41, 5.74) is 4.86. The molecule has 5 aromatic rings. The molecule has 1 aromatic heterocycles. The van der Waals surface area contributed by atoms with Gasteiger partial charge in [0.25, 0.3) is 10.0 Å². The van der Waals surface area contributed by atoms with Gasteiger partial charge in [0, 0.05) is 31.6 Å². The van der Waals surface area contributed by atoms with Crippen LogP contribution in [-0.4, -0.2) is 54.9 Å². The molecule has 0 bridgehead atoms. The minimum Gasteiger partial charge on any atom is -0.384 e. The van der Waals surface area contributed by atoms with Gasteiger partial charge >= 0.3 is 12.4 Å². The first kappa shape index (κ1) is 41.2. The Labute approximate surface area is 310 Å². The van der Waals surface area contributed by atoms with Crippen molar-refractivity contribution in [3.63, 3.8) is 0 Å². The molecule has 0 saturated heterocycles. The second kappa shape index (κ2) is 16.6. The van der Waals surface area contributed by atoms with Crippen molar-refractivity contribution in [1.82, 2.24) is 14.5 Å². The first-order chi connectivity index (χ1) is 24.5. The van der Waals surface area contributed by atoms with Gasteiger partial charge < -0.3 is 15.2 Å². The first-order valence-corrected chi connectivity index (χ1v) is 18.0. The first-order valence-electron chi connectivity index (χ1n) is 16.5. The standard InChI is InChI=1S/C37H38F6N6O2S.ClH/c1-3-47(4-2)18-19-49(52(50,51)31-8-6-5-7-9-31)30-15-16-33-32(23-30)46-34(17-12-25-10-13-27(14-11-25)35(44)45)48(33)24-26-20-28(36(38,39)40)22-29(21-26)37(41,42)43;/h5-11,13-16,20-23H,3-4,12,17-19,24H2,1-2H3,(H3,44,45);1H. The van der Waals surface area contributed by atoms with Gasteiger partial charge in [-0.15, -0.1) is 12.4 Å². The van der Waals surface area contributed by atoms with Crippen molar-refractivity contribution in [3.8, 4) is 0 Å². The fraction of sp³-hybridized carbons (Fsp3) is 0.297. The SMILES string of the molecule is CCN(CC)CCN(c1ccc2c(c1)nc(CCc1ccc(C(=N)N)cc1)n2Cc1cc(C(F)(F)F)cc(C(F)(F)F)c1)S(=O)(=O)c1ccccc1.Cl. The highest BCUT2D eigenvalue weighted by Gasteiger charge is 2.37. The topological polar surface area (TPSA) is 108 Å². The summed E-state index contributed by atoms with van der Waals surface area (Å²) in [5.74, 6) is 0.262. The molecule has 284 valence electrons. The summed E-state index contributed by atoms with van der Waals surface area (Å²) in [5, 5.41) is 7.63. The molecular weight excluding hydrogens is 742 g/mol. The summed E-state index contributed by atoms with van der Waals surface area (Å²) in [7, 11) is -4.05. The normalized spacial score (nSPS) is 12.2. The van der Waals surface area contributed by atoms with Crippen LogP contribution in [0, 0.1) is 5.41 Å². The number of benzene rings is 4. The molecule has 0 spiro atoms. The van der Waals surface area contributed by atoms with Gasteiger partial charge in [0.05, 0.1) is 32.7 Å². The summed E-state index contributed by atoms with van der Waals surface area (Å²) in [4.78, 5) is 6.93. The Bertz CT molecular complexity index is 2100. The fourth-order valence-electron chi connectivity index (χ4n) is 5.97. The monoisotopic (exact) mass is 780 g/mol. The number of halogens is 7. The summed E-state index contributed by atoms with van der Waals surface area (Å²) in [6, 6.07) is 21.1. The number of nitrogens with zero attached hydrogens (tertiary/aromatic N) is 4. The van der Waals surface area contributed by atoms with E-state index in [4.69, 9.17) is 16.1 Å². The van der Waals surface area contributed by atoms with E-state index in [1.807, 2.05) is 13.8 Å². The van der Waals surface area contributed by atoms with Crippen LogP contribution in [0.3, 0.4) is 0 Å². The minimum atomic E-state index is -5.02. The third kappa shape index (κ3) is 9.69. The van der Waals surface area contributed by atoms with E-state index in [0.717, 1.165) is 5.56 Å². The number of nitrogens with one attached hydrogen (secondary N) is 1. The number of hydrogen-bond acceptors (Lipinski definition) is 5. The number of imidazole rings is 1. The molecule has 8 nitrogen and oxygen atoms in total. The van der Waals surface area contributed by atoms with Crippen molar-refractivity contribution < 1.29 is 34.8 Å². The van der Waals surface area contributed by atoms with Crippen LogP contribution in [0.5, 0.6) is 0 Å². The number of anilines is 1. The second-order valence-corrected chi connectivity index (χ2v) is 14.1. The number of fused-ring (bicyclic) bond motifs is 1. The van der Waals surface area contributed by atoms with Crippen molar-refractivity contribution in [2.75, 3.05) is 30.5 Å². The molecule has 3 N–H and O–H groups in total. The van der Waals surface area contributed by atoms with E-state index in [1.165, 1.54) is 16.4 Å². The summed E-state index contributed by atoms with van der Waals surface area (Å²) in [6.45, 7) is 5.51. The predicted molar refractivity (Wildman–Crippen MR) is 196 cm³/mol. The van der Waals surface area contributed by atoms with Gasteiger partial charge in [0.2, 0.25) is 0 Å². The molecule has 0 atom stereocenters. The third-order valence-corrected chi connectivity index (χ3v) is 10.7. The zero-order valence-electron chi connectivity index (χ0n) is 28.9. The van der Waals surface area contributed by atoms with Crippen molar-refractivity contribution in [3.05, 3.63) is 125 Å². The van der Waals surface area contributed by atoms with E-state index in [1.54, 1.807) is 65.2 Å². The zero-order valence-corrected chi connectivity index (χ0v) is 30.5. The van der Waals surface area contributed by atoms with Crippen molar-refractivity contribution in [2.24, 2.45) is 5.73 Å². The maximum absolute atomic E-state index is 14.0. The van der Waals surface area contributed by atoms with Crippen molar-refractivity contribution in [2.45, 2.75) is 50.5 Å². The number of aromatic nitrogens is 2. The molecule has 16 heteroatoms. The molecule has 0 amide bonds. The van der Waals surface area contributed by atoms with E-state index in [-0.39, 0.29) is 54.3 Å². The highest BCUT2D eigenvalue weighted by molar-refractivity contribution is 7.92. The lowest BCUT2D eigenvalue weighted by molar-refractivity contribution is -0.143. The lowest BCUT2D eigenvalue weighted by atomic mass is 10.0. The van der Waals surface area contributed by atoms with Crippen LogP contribution in [0.25, 0.3) is 11.0 Å². The quantitative estimate of drug-likeness (QED) is 0.0672. The number of alkyl halides is 6. The fourth-order valence-corrected chi connectivity index (χ4v) is 7.44. The molecule has 4 aromatic carbocycles. The van der Waals surface area contributed by atoms with E-state index >= 15 is 0 Å². The Balaban J connectivity index is 0.00000627. The highest BCUT2D eigenvalue weighted by Crippen LogP contribution is 2.37. The van der Waals surface area contributed by atoms with Crippen LogP contribution in [0.1, 0.15) is 47.5 Å². The van der Waals surface area contributed by atoms with E-state index < -0.39 is 33.5 Å². The number of aryl methyl sites for hydroxylation is 2. The summed E-state index contributed by atoms with van der Waals surface area (Å²) in [6.07, 6.45) is -9.41. The summed E-state index contributed by atoms with van der Waals surface area (Å²) < 4.78 is 113. The Morgan fingerprint density at radius 2 is 1.40 bits per heavy atom. The number of sulfonamides is 1. The van der Waals surface area contributed by atoms with Gasteiger partial charge in [-0.1, -0.05) is 56.3 Å². The molecule has 0 saturated carbocycles. The van der Waals surface area contributed by atoms with Crippen LogP contribution in [0.4, 0.5) is 32.0 Å². The van der Waals surface area contributed by atoms with E-state index in [0.29, 0.717) is 66.3 Å². The summed E-state index contributed by atoms with van der Waals surface area (Å²) >= 11 is 0. The molecule has 0 aliphatic carbocycles. The molecular formula is C37H39ClF6N6O2S. The van der Waals surface area contributed by atoms with Crippen molar-refractivity contribution in [1.29, 1.82) is 5.41 Å². The van der Waals surface area contributed by atoms with Gasteiger partial charge in [-0.25, -0.2) is 13.4 Å². The maximum atomic E-state index is 14.0. The average molecular weight is 781 g/mol. The van der Waals surface area contributed by atoms with Crippen LogP contribution < -0.4 is 10.0 Å². The molecule has 0 fully saturated rings. The molecule has 1 heterocycles. The number of amidine groups is 1. The van der Waals surface area contributed by atoms with Crippen LogP contribution in [0.2, 0.25) is 0 Å². The van der Waals surface area contributed by atoms with Gasteiger partial charge in [0.1, 0.15) is 11.7 Å². The van der Waals surface area contributed by atoms with Crippen LogP contribution >= 0.6 is 12.4 Å². The highest BCUT2D eigenvalue weighted by atomic mass is 35.5. The number of likely N-dealkylation sites (N-methyl/N-ethyl adjacent to an activating group) is 1. The minimum absolute atomic E-state index is 0. The lowest BCUT2D eigenvalue weighted by Crippen LogP contribution is -2.38. The molecule has 0 unspecified atom stereocenters. The molecule has 5 rings (SSSR count). The van der Waals surface area contributed by atoms with Crippen LogP contribution in [0.15, 0.2) is 95.9 Å². The molecule has 0 aliphatic rings.